The van der Waals surface area contributed by atoms with Gasteiger partial charge in [-0.3, -0.25) is 0 Å². The summed E-state index contributed by atoms with van der Waals surface area (Å²) in [6, 6.07) is 11.2. The van der Waals surface area contributed by atoms with Gasteiger partial charge in [0.2, 0.25) is 0 Å². The summed E-state index contributed by atoms with van der Waals surface area (Å²) in [5.41, 5.74) is -7.17. The van der Waals surface area contributed by atoms with Gasteiger partial charge in [-0.05, 0) is 48.5 Å². The van der Waals surface area contributed by atoms with Crippen LogP contribution in [0.4, 0.5) is 52.7 Å². The molecule has 47 heavy (non-hydrogen) atoms. The van der Waals surface area contributed by atoms with Gasteiger partial charge in [-0.1, -0.05) is 30.3 Å². The summed E-state index contributed by atoms with van der Waals surface area (Å²) in [6.07, 6.45) is -5.46. The van der Waals surface area contributed by atoms with E-state index >= 15 is 35.1 Å². The summed E-state index contributed by atoms with van der Waals surface area (Å²) in [4.78, 5) is 1.46. The Bertz CT molecular complexity index is 1700. The predicted molar refractivity (Wildman–Crippen MR) is 153 cm³/mol. The van der Waals surface area contributed by atoms with Crippen molar-refractivity contribution in [3.63, 3.8) is 0 Å². The molecule has 0 bridgehead atoms. The lowest BCUT2D eigenvalue weighted by Gasteiger charge is -2.44. The fraction of sp³-hybridized carbons (Fsp3) is 0.0909. The first-order valence-corrected chi connectivity index (χ1v) is 13.7. The smallest absolute Gasteiger partial charge is 0.155 e. The SMILES string of the molecule is C[NH+](C)Cc1ccccc1.Fc1ccc(F)c([B-](c2c(F)ccc(F)c2F)(c2c(F)ccc(F)c2F)c2c(F)ccc(F)c2F)c1F. The average Bonchev–Trinajstić information content (AvgIpc) is 3.02. The van der Waals surface area contributed by atoms with E-state index in [1.54, 1.807) is 0 Å². The van der Waals surface area contributed by atoms with Crippen LogP contribution in [0.25, 0.3) is 0 Å². The zero-order valence-corrected chi connectivity index (χ0v) is 24.3. The average molecular weight is 671 g/mol. The van der Waals surface area contributed by atoms with Crippen molar-refractivity contribution in [3.8, 4) is 0 Å². The highest BCUT2D eigenvalue weighted by Gasteiger charge is 2.48. The van der Waals surface area contributed by atoms with E-state index in [-0.39, 0.29) is 48.5 Å². The summed E-state index contributed by atoms with van der Waals surface area (Å²) in [7, 11) is 4.32. The van der Waals surface area contributed by atoms with Crippen LogP contribution in [-0.2, 0) is 6.54 Å². The minimum Gasteiger partial charge on any atom is -0.336 e. The van der Waals surface area contributed by atoms with Crippen LogP contribution in [0.15, 0.2) is 78.9 Å². The van der Waals surface area contributed by atoms with E-state index in [2.05, 4.69) is 44.4 Å². The minimum absolute atomic E-state index is 0.0591. The van der Waals surface area contributed by atoms with Crippen LogP contribution < -0.4 is 26.8 Å². The van der Waals surface area contributed by atoms with Gasteiger partial charge in [-0.25, -0.2) is 52.7 Å². The van der Waals surface area contributed by atoms with Gasteiger partial charge in [0.1, 0.15) is 36.0 Å². The molecular weight excluding hydrogens is 649 g/mol. The fourth-order valence-corrected chi connectivity index (χ4v) is 5.63. The number of quaternary nitrogens is 1. The molecule has 14 heteroatoms. The Kier molecular flexibility index (Phi) is 10.4. The standard InChI is InChI=1S/C24H8BF12.C9H13N/c26-9-1-5-13(30)21(34)17(9)25(18-10(27)2-6-14(31)22(18)35,19-11(28)3-7-15(32)23(19)36)20-12(29)4-8-16(33)24(20)37;1-10(2)8-9-6-4-3-5-7-9/h1-8H;3-7H,8H2,1-2H3/q-1;/p+1. The summed E-state index contributed by atoms with van der Waals surface area (Å²) in [5.74, 6) is -26.6. The molecule has 1 nitrogen and oxygen atoms in total. The lowest BCUT2D eigenvalue weighted by Crippen LogP contribution is -3.04. The molecule has 1 N–H and O–H groups in total. The molecule has 0 aliphatic carbocycles. The third-order valence-corrected chi connectivity index (χ3v) is 7.45. The second kappa shape index (κ2) is 14.0. The van der Waals surface area contributed by atoms with Crippen molar-refractivity contribution in [3.05, 3.63) is 154 Å². The normalized spacial score (nSPS) is 11.5. The highest BCUT2D eigenvalue weighted by atomic mass is 19.2. The molecule has 0 aliphatic rings. The third-order valence-electron chi connectivity index (χ3n) is 7.45. The molecule has 0 saturated heterocycles. The van der Waals surface area contributed by atoms with Gasteiger partial charge in [0, 0.05) is 5.56 Å². The molecular formula is C33H22BF12N. The first kappa shape index (κ1) is 35.1. The van der Waals surface area contributed by atoms with Crippen LogP contribution in [0.3, 0.4) is 0 Å². The highest BCUT2D eigenvalue weighted by molar-refractivity contribution is 7.20. The summed E-state index contributed by atoms with van der Waals surface area (Å²) < 4.78 is 180. The van der Waals surface area contributed by atoms with Crippen molar-refractivity contribution in [2.45, 2.75) is 6.54 Å². The Hall–Kier alpha value is -4.72. The van der Waals surface area contributed by atoms with Crippen molar-refractivity contribution in [2.24, 2.45) is 0 Å². The van der Waals surface area contributed by atoms with Crippen LogP contribution >= 0.6 is 0 Å². The van der Waals surface area contributed by atoms with Gasteiger partial charge in [-0.15, -0.1) is 21.9 Å². The van der Waals surface area contributed by atoms with E-state index in [1.165, 1.54) is 10.5 Å². The van der Waals surface area contributed by atoms with E-state index in [0.29, 0.717) is 0 Å². The van der Waals surface area contributed by atoms with Crippen molar-refractivity contribution in [1.29, 1.82) is 0 Å². The Morgan fingerprint density at radius 1 is 0.383 bits per heavy atom. The Morgan fingerprint density at radius 3 is 0.894 bits per heavy atom. The summed E-state index contributed by atoms with van der Waals surface area (Å²) in [6.45, 7) is 1.11. The van der Waals surface area contributed by atoms with Gasteiger partial charge in [-0.2, -0.15) is 0 Å². The molecule has 0 spiro atoms. The molecule has 0 heterocycles. The maximum Gasteiger partial charge on any atom is 0.155 e. The molecule has 0 atom stereocenters. The van der Waals surface area contributed by atoms with Crippen LogP contribution in [0.5, 0.6) is 0 Å². The van der Waals surface area contributed by atoms with Gasteiger partial charge >= 0.3 is 0 Å². The van der Waals surface area contributed by atoms with Crippen molar-refractivity contribution in [1.82, 2.24) is 0 Å². The van der Waals surface area contributed by atoms with Crippen molar-refractivity contribution >= 4 is 28.0 Å². The fourth-order valence-electron chi connectivity index (χ4n) is 5.63. The largest absolute Gasteiger partial charge is 0.336 e. The first-order valence-electron chi connectivity index (χ1n) is 13.7. The third kappa shape index (κ3) is 6.46. The van der Waals surface area contributed by atoms with Crippen LogP contribution in [0.2, 0.25) is 0 Å². The van der Waals surface area contributed by atoms with E-state index < -0.39 is 97.8 Å². The van der Waals surface area contributed by atoms with Crippen LogP contribution in [0.1, 0.15) is 5.56 Å². The predicted octanol–water partition coefficient (Wildman–Crippen LogP) is 5.06. The zero-order chi connectivity index (χ0) is 34.8. The number of halogens is 12. The molecule has 0 amide bonds. The molecule has 0 radical (unpaired) electrons. The molecule has 5 aromatic carbocycles. The Balaban J connectivity index is 0.000000427. The topological polar surface area (TPSA) is 4.44 Å². The van der Waals surface area contributed by atoms with Crippen molar-refractivity contribution in [2.75, 3.05) is 14.1 Å². The number of benzene rings is 5. The lowest BCUT2D eigenvalue weighted by atomic mass is 9.12. The number of hydrogen-bond acceptors (Lipinski definition) is 0. The van der Waals surface area contributed by atoms with Crippen molar-refractivity contribution < 1.29 is 57.6 Å². The van der Waals surface area contributed by atoms with E-state index in [0.717, 1.165) is 6.54 Å². The van der Waals surface area contributed by atoms with Gasteiger partial charge in [0.15, 0.2) is 23.3 Å². The number of hydrogen-bond donors (Lipinski definition) is 1. The molecule has 5 rings (SSSR count). The summed E-state index contributed by atoms with van der Waals surface area (Å²) >= 11 is 0. The number of rotatable bonds is 6. The minimum atomic E-state index is -5.46. The Morgan fingerprint density at radius 2 is 0.638 bits per heavy atom. The van der Waals surface area contributed by atoms with E-state index in [9.17, 15) is 17.6 Å². The molecule has 0 saturated carbocycles. The lowest BCUT2D eigenvalue weighted by molar-refractivity contribution is -0.872. The monoisotopic (exact) mass is 671 g/mol. The second-order valence-electron chi connectivity index (χ2n) is 10.8. The van der Waals surface area contributed by atoms with E-state index in [4.69, 9.17) is 0 Å². The molecule has 246 valence electrons. The van der Waals surface area contributed by atoms with Gasteiger partial charge in [0.25, 0.3) is 0 Å². The second-order valence-corrected chi connectivity index (χ2v) is 10.8. The number of nitrogens with one attached hydrogen (secondary N) is 1. The molecule has 5 aromatic rings. The molecule has 0 unspecified atom stereocenters. The highest BCUT2D eigenvalue weighted by Crippen LogP contribution is 2.24. The van der Waals surface area contributed by atoms with Crippen LogP contribution in [-0.4, -0.2) is 20.2 Å². The zero-order valence-electron chi connectivity index (χ0n) is 24.3. The molecule has 0 fully saturated rings. The maximum atomic E-state index is 15.3. The summed E-state index contributed by atoms with van der Waals surface area (Å²) in [5, 5.41) is 0. The van der Waals surface area contributed by atoms with Crippen LogP contribution in [0, 0.1) is 69.8 Å². The van der Waals surface area contributed by atoms with Gasteiger partial charge < -0.3 is 4.90 Å². The molecule has 0 aromatic heterocycles. The maximum absolute atomic E-state index is 15.3. The quantitative estimate of drug-likeness (QED) is 0.146. The Labute approximate surface area is 260 Å². The van der Waals surface area contributed by atoms with Gasteiger partial charge in [0.05, 0.1) is 37.4 Å². The van der Waals surface area contributed by atoms with E-state index in [1.807, 2.05) is 0 Å². The first-order chi connectivity index (χ1) is 22.1. The molecule has 0 aliphatic heterocycles.